The van der Waals surface area contributed by atoms with Crippen molar-refractivity contribution in [2.75, 3.05) is 32.7 Å². The van der Waals surface area contributed by atoms with Crippen LogP contribution >= 0.6 is 11.3 Å². The first-order chi connectivity index (χ1) is 7.81. The number of hydrogen-bond donors (Lipinski definition) is 0. The van der Waals surface area contributed by atoms with Crippen molar-refractivity contribution in [3.8, 4) is 12.3 Å². The van der Waals surface area contributed by atoms with Crippen LogP contribution in [0.2, 0.25) is 0 Å². The Morgan fingerprint density at radius 1 is 1.44 bits per heavy atom. The molecule has 2 nitrogen and oxygen atoms in total. The minimum atomic E-state index is 0.541. The van der Waals surface area contributed by atoms with E-state index in [1.165, 1.54) is 5.56 Å². The standard InChI is InChI=1S/C13H18N2S/c1-3-5-14-6-8-15(9-7-14)12(2)13-4-10-16-11-13/h1,4,10-12H,5-9H2,2H3. The first-order valence-electron chi connectivity index (χ1n) is 5.73. The molecule has 2 rings (SSSR count). The van der Waals surface area contributed by atoms with Gasteiger partial charge >= 0.3 is 0 Å². The number of hydrogen-bond acceptors (Lipinski definition) is 3. The van der Waals surface area contributed by atoms with Crippen molar-refractivity contribution in [1.29, 1.82) is 0 Å². The molecule has 1 saturated heterocycles. The van der Waals surface area contributed by atoms with Crippen molar-refractivity contribution in [1.82, 2.24) is 9.80 Å². The summed E-state index contributed by atoms with van der Waals surface area (Å²) in [5.74, 6) is 2.72. The van der Waals surface area contributed by atoms with E-state index in [0.717, 1.165) is 32.7 Å². The van der Waals surface area contributed by atoms with Crippen LogP contribution in [0.1, 0.15) is 18.5 Å². The van der Waals surface area contributed by atoms with Gasteiger partial charge in [0.1, 0.15) is 0 Å². The zero-order valence-electron chi connectivity index (χ0n) is 9.72. The molecule has 1 aromatic rings. The number of nitrogens with zero attached hydrogens (tertiary/aromatic N) is 2. The Bertz CT molecular complexity index is 345. The maximum Gasteiger partial charge on any atom is 0.0599 e. The molecule has 1 aromatic heterocycles. The fourth-order valence-electron chi connectivity index (χ4n) is 2.16. The predicted octanol–water partition coefficient (Wildman–Crippen LogP) is 2.06. The maximum atomic E-state index is 5.33. The van der Waals surface area contributed by atoms with Gasteiger partial charge in [0, 0.05) is 32.2 Å². The predicted molar refractivity (Wildman–Crippen MR) is 69.6 cm³/mol. The summed E-state index contributed by atoms with van der Waals surface area (Å²) < 4.78 is 0. The molecule has 1 unspecified atom stereocenters. The van der Waals surface area contributed by atoms with Gasteiger partial charge in [-0.05, 0) is 29.3 Å². The Morgan fingerprint density at radius 3 is 2.75 bits per heavy atom. The summed E-state index contributed by atoms with van der Waals surface area (Å²) in [6.45, 7) is 7.52. The van der Waals surface area contributed by atoms with E-state index in [-0.39, 0.29) is 0 Å². The Labute approximate surface area is 102 Å². The normalized spacial score (nSPS) is 20.5. The SMILES string of the molecule is C#CCN1CCN(C(C)c2ccsc2)CC1. The summed E-state index contributed by atoms with van der Waals surface area (Å²) in [7, 11) is 0. The van der Waals surface area contributed by atoms with Gasteiger partial charge in [-0.25, -0.2) is 0 Å². The lowest BCUT2D eigenvalue weighted by atomic mass is 10.1. The molecule has 3 heteroatoms. The molecule has 0 amide bonds. The molecule has 0 aromatic carbocycles. The van der Waals surface area contributed by atoms with Crippen molar-refractivity contribution < 1.29 is 0 Å². The fourth-order valence-corrected chi connectivity index (χ4v) is 2.91. The van der Waals surface area contributed by atoms with Crippen molar-refractivity contribution in [2.45, 2.75) is 13.0 Å². The highest BCUT2D eigenvalue weighted by Crippen LogP contribution is 2.23. The first kappa shape index (κ1) is 11.7. The van der Waals surface area contributed by atoms with Crippen LogP contribution in [0.25, 0.3) is 0 Å². The van der Waals surface area contributed by atoms with Gasteiger partial charge in [0.25, 0.3) is 0 Å². The summed E-state index contributed by atoms with van der Waals surface area (Å²) in [4.78, 5) is 4.88. The lowest BCUT2D eigenvalue weighted by Gasteiger charge is -2.37. The van der Waals surface area contributed by atoms with Gasteiger partial charge in [0.15, 0.2) is 0 Å². The lowest BCUT2D eigenvalue weighted by molar-refractivity contribution is 0.111. The first-order valence-corrected chi connectivity index (χ1v) is 6.67. The van der Waals surface area contributed by atoms with Crippen molar-refractivity contribution >= 4 is 11.3 Å². The average Bonchev–Trinajstić information content (AvgIpc) is 2.83. The van der Waals surface area contributed by atoms with Crippen molar-refractivity contribution in [2.24, 2.45) is 0 Å². The molecule has 0 bridgehead atoms. The van der Waals surface area contributed by atoms with Crippen LogP contribution in [0, 0.1) is 12.3 Å². The van der Waals surface area contributed by atoms with E-state index in [1.807, 2.05) is 0 Å². The minimum Gasteiger partial charge on any atom is -0.294 e. The fraction of sp³-hybridized carbons (Fsp3) is 0.538. The third-order valence-electron chi connectivity index (χ3n) is 3.30. The van der Waals surface area contributed by atoms with E-state index in [0.29, 0.717) is 6.04 Å². The van der Waals surface area contributed by atoms with Gasteiger partial charge in [-0.15, -0.1) is 6.42 Å². The van der Waals surface area contributed by atoms with Gasteiger partial charge in [0.05, 0.1) is 6.54 Å². The highest BCUT2D eigenvalue weighted by molar-refractivity contribution is 7.07. The summed E-state index contributed by atoms with van der Waals surface area (Å²) in [6, 6.07) is 2.77. The number of thiophene rings is 1. The van der Waals surface area contributed by atoms with E-state index in [4.69, 9.17) is 6.42 Å². The van der Waals surface area contributed by atoms with Gasteiger partial charge < -0.3 is 0 Å². The Balaban J connectivity index is 1.87. The average molecular weight is 234 g/mol. The zero-order valence-corrected chi connectivity index (χ0v) is 10.5. The van der Waals surface area contributed by atoms with Crippen LogP contribution in [0.15, 0.2) is 16.8 Å². The van der Waals surface area contributed by atoms with E-state index in [2.05, 4.69) is 39.5 Å². The molecule has 1 fully saturated rings. The van der Waals surface area contributed by atoms with E-state index < -0.39 is 0 Å². The third kappa shape index (κ3) is 2.65. The third-order valence-corrected chi connectivity index (χ3v) is 4.00. The van der Waals surface area contributed by atoms with Crippen LogP contribution in [0.5, 0.6) is 0 Å². The van der Waals surface area contributed by atoms with E-state index in [9.17, 15) is 0 Å². The number of terminal acetylenes is 1. The second-order valence-corrected chi connectivity index (χ2v) is 5.03. The second-order valence-electron chi connectivity index (χ2n) is 4.25. The smallest absolute Gasteiger partial charge is 0.0599 e. The molecule has 86 valence electrons. The van der Waals surface area contributed by atoms with Gasteiger partial charge in [-0.2, -0.15) is 11.3 Å². The molecule has 0 radical (unpaired) electrons. The maximum absolute atomic E-state index is 5.33. The zero-order chi connectivity index (χ0) is 11.4. The molecule has 1 atom stereocenters. The van der Waals surface area contributed by atoms with Crippen LogP contribution in [-0.4, -0.2) is 42.5 Å². The Hall–Kier alpha value is -0.820. The summed E-state index contributed by atoms with van der Waals surface area (Å²) >= 11 is 1.78. The molecular weight excluding hydrogens is 216 g/mol. The lowest BCUT2D eigenvalue weighted by Crippen LogP contribution is -2.47. The molecular formula is C13H18N2S. The molecule has 0 N–H and O–H groups in total. The topological polar surface area (TPSA) is 6.48 Å². The van der Waals surface area contributed by atoms with Gasteiger partial charge in [-0.3, -0.25) is 9.80 Å². The van der Waals surface area contributed by atoms with E-state index in [1.54, 1.807) is 11.3 Å². The molecule has 0 saturated carbocycles. The molecule has 1 aliphatic heterocycles. The largest absolute Gasteiger partial charge is 0.294 e. The van der Waals surface area contributed by atoms with Crippen LogP contribution in [-0.2, 0) is 0 Å². The van der Waals surface area contributed by atoms with Crippen molar-refractivity contribution in [3.05, 3.63) is 22.4 Å². The Kier molecular flexibility index (Phi) is 4.00. The van der Waals surface area contributed by atoms with Crippen LogP contribution < -0.4 is 0 Å². The van der Waals surface area contributed by atoms with Gasteiger partial charge in [-0.1, -0.05) is 5.92 Å². The molecule has 1 aliphatic rings. The van der Waals surface area contributed by atoms with Gasteiger partial charge in [0.2, 0.25) is 0 Å². The van der Waals surface area contributed by atoms with E-state index >= 15 is 0 Å². The summed E-state index contributed by atoms with van der Waals surface area (Å²) in [5, 5.41) is 4.40. The monoisotopic (exact) mass is 234 g/mol. The van der Waals surface area contributed by atoms with Crippen LogP contribution in [0.3, 0.4) is 0 Å². The highest BCUT2D eigenvalue weighted by Gasteiger charge is 2.21. The highest BCUT2D eigenvalue weighted by atomic mass is 32.1. The quantitative estimate of drug-likeness (QED) is 0.739. The van der Waals surface area contributed by atoms with Crippen LogP contribution in [0.4, 0.5) is 0 Å². The molecule has 0 aliphatic carbocycles. The number of piperazine rings is 1. The molecule has 16 heavy (non-hydrogen) atoms. The summed E-state index contributed by atoms with van der Waals surface area (Å²) in [5.41, 5.74) is 1.44. The minimum absolute atomic E-state index is 0.541. The number of rotatable bonds is 3. The molecule has 0 spiro atoms. The van der Waals surface area contributed by atoms with Crippen molar-refractivity contribution in [3.63, 3.8) is 0 Å². The summed E-state index contributed by atoms with van der Waals surface area (Å²) in [6.07, 6.45) is 5.33. The Morgan fingerprint density at radius 2 is 2.19 bits per heavy atom. The molecule has 2 heterocycles. The second kappa shape index (κ2) is 5.49.